The lowest BCUT2D eigenvalue weighted by atomic mass is 10.2. The van der Waals surface area contributed by atoms with Crippen molar-refractivity contribution in [2.45, 2.75) is 0 Å². The van der Waals surface area contributed by atoms with Gasteiger partial charge in [-0.3, -0.25) is 4.55 Å². The maximum atomic E-state index is 10.5. The quantitative estimate of drug-likeness (QED) is 0.604. The molecule has 0 heterocycles. The molecule has 0 spiro atoms. The fourth-order valence-corrected chi connectivity index (χ4v) is 1.35. The molecule has 0 aliphatic rings. The van der Waals surface area contributed by atoms with Crippen LogP contribution in [-0.4, -0.2) is 24.0 Å². The van der Waals surface area contributed by atoms with Crippen LogP contribution in [0.5, 0.6) is 5.75 Å². The third-order valence-corrected chi connectivity index (χ3v) is 1.91. The van der Waals surface area contributed by atoms with Crippen LogP contribution in [0.3, 0.4) is 0 Å². The van der Waals surface area contributed by atoms with Crippen LogP contribution in [0, 0.1) is 0 Å². The van der Waals surface area contributed by atoms with Crippen LogP contribution in [0.15, 0.2) is 30.3 Å². The molecule has 86 valence electrons. The fraction of sp³-hybridized carbons (Fsp3) is 0. The molecule has 16 heavy (non-hydrogen) atoms. The molecule has 0 amide bonds. The van der Waals surface area contributed by atoms with Gasteiger partial charge < -0.3 is 9.29 Å². The molecule has 0 aliphatic heterocycles. The Kier molecular flexibility index (Phi) is 3.64. The monoisotopic (exact) mass is 244 g/mol. The SMILES string of the molecule is O=C(O)C=Cc1ccccc1OS(=O)(=O)O. The highest BCUT2D eigenvalue weighted by Crippen LogP contribution is 2.20. The zero-order chi connectivity index (χ0) is 12.2. The number of hydrogen-bond acceptors (Lipinski definition) is 4. The maximum Gasteiger partial charge on any atom is 0.446 e. The number of carboxylic acids is 1. The van der Waals surface area contributed by atoms with Gasteiger partial charge in [-0.15, -0.1) is 0 Å². The molecule has 7 heteroatoms. The third-order valence-electron chi connectivity index (χ3n) is 1.52. The molecule has 6 nitrogen and oxygen atoms in total. The number of para-hydroxylation sites is 1. The zero-order valence-corrected chi connectivity index (χ0v) is 8.72. The van der Waals surface area contributed by atoms with Crippen LogP contribution in [0.25, 0.3) is 6.08 Å². The Hall–Kier alpha value is -1.86. The van der Waals surface area contributed by atoms with Crippen molar-refractivity contribution in [3.05, 3.63) is 35.9 Å². The molecule has 1 aromatic carbocycles. The third kappa shape index (κ3) is 4.11. The van der Waals surface area contributed by atoms with E-state index in [1.54, 1.807) is 6.07 Å². The van der Waals surface area contributed by atoms with Crippen molar-refractivity contribution < 1.29 is 27.1 Å². The Bertz CT molecular complexity index is 517. The van der Waals surface area contributed by atoms with Gasteiger partial charge in [-0.2, -0.15) is 8.42 Å². The Labute approximate surface area is 91.7 Å². The topological polar surface area (TPSA) is 101 Å². The van der Waals surface area contributed by atoms with E-state index in [0.29, 0.717) is 0 Å². The smallest absolute Gasteiger partial charge is 0.446 e. The minimum absolute atomic E-state index is 0.150. The van der Waals surface area contributed by atoms with E-state index in [1.165, 1.54) is 18.2 Å². The molecule has 1 rings (SSSR count). The van der Waals surface area contributed by atoms with Crippen molar-refractivity contribution in [1.82, 2.24) is 0 Å². The predicted octanol–water partition coefficient (Wildman–Crippen LogP) is 0.966. The normalized spacial score (nSPS) is 11.6. The molecule has 0 saturated carbocycles. The van der Waals surface area contributed by atoms with Gasteiger partial charge in [0.2, 0.25) is 0 Å². The molecule has 2 N–H and O–H groups in total. The van der Waals surface area contributed by atoms with E-state index in [-0.39, 0.29) is 11.3 Å². The van der Waals surface area contributed by atoms with Crippen molar-refractivity contribution in [1.29, 1.82) is 0 Å². The van der Waals surface area contributed by atoms with Gasteiger partial charge in [-0.1, -0.05) is 18.2 Å². The van der Waals surface area contributed by atoms with Gasteiger partial charge >= 0.3 is 16.4 Å². The summed E-state index contributed by atoms with van der Waals surface area (Å²) >= 11 is 0. The highest BCUT2D eigenvalue weighted by Gasteiger charge is 2.09. The van der Waals surface area contributed by atoms with E-state index in [4.69, 9.17) is 9.66 Å². The minimum atomic E-state index is -4.62. The zero-order valence-electron chi connectivity index (χ0n) is 7.90. The van der Waals surface area contributed by atoms with Crippen molar-refractivity contribution in [2.24, 2.45) is 0 Å². The molecule has 0 bridgehead atoms. The first kappa shape index (κ1) is 12.2. The average Bonchev–Trinajstić information content (AvgIpc) is 2.14. The Balaban J connectivity index is 3.05. The number of rotatable bonds is 4. The van der Waals surface area contributed by atoms with E-state index < -0.39 is 16.4 Å². The fourth-order valence-electron chi connectivity index (χ4n) is 0.969. The highest BCUT2D eigenvalue weighted by atomic mass is 32.3. The van der Waals surface area contributed by atoms with Crippen molar-refractivity contribution in [3.63, 3.8) is 0 Å². The number of aliphatic carboxylic acids is 1. The molecular weight excluding hydrogens is 236 g/mol. The average molecular weight is 244 g/mol. The van der Waals surface area contributed by atoms with Crippen molar-refractivity contribution in [2.75, 3.05) is 0 Å². The molecule has 0 radical (unpaired) electrons. The predicted molar refractivity (Wildman–Crippen MR) is 55.3 cm³/mol. The Morgan fingerprint density at radius 2 is 1.94 bits per heavy atom. The summed E-state index contributed by atoms with van der Waals surface area (Å²) in [7, 11) is -4.62. The van der Waals surface area contributed by atoms with Crippen molar-refractivity contribution in [3.8, 4) is 5.75 Å². The van der Waals surface area contributed by atoms with Crippen LogP contribution >= 0.6 is 0 Å². The van der Waals surface area contributed by atoms with Crippen LogP contribution in [0.1, 0.15) is 5.56 Å². The highest BCUT2D eigenvalue weighted by molar-refractivity contribution is 7.81. The van der Waals surface area contributed by atoms with Gasteiger partial charge in [-0.25, -0.2) is 4.79 Å². The van der Waals surface area contributed by atoms with Gasteiger partial charge in [0.15, 0.2) is 5.75 Å². The molecule has 0 saturated heterocycles. The molecule has 0 fully saturated rings. The lowest BCUT2D eigenvalue weighted by Gasteiger charge is -2.04. The minimum Gasteiger partial charge on any atom is -0.478 e. The van der Waals surface area contributed by atoms with Gasteiger partial charge in [0.25, 0.3) is 0 Å². The second-order valence-corrected chi connectivity index (χ2v) is 3.74. The van der Waals surface area contributed by atoms with Gasteiger partial charge in [0.05, 0.1) is 0 Å². The second-order valence-electron chi connectivity index (χ2n) is 2.72. The summed E-state index contributed by atoms with van der Waals surface area (Å²) in [5.41, 5.74) is 0.225. The van der Waals surface area contributed by atoms with E-state index in [1.807, 2.05) is 0 Å². The first-order valence-corrected chi connectivity index (χ1v) is 5.42. The first-order chi connectivity index (χ1) is 7.38. The summed E-state index contributed by atoms with van der Waals surface area (Å²) in [6.45, 7) is 0. The summed E-state index contributed by atoms with van der Waals surface area (Å²) in [4.78, 5) is 10.3. The van der Waals surface area contributed by atoms with E-state index in [2.05, 4.69) is 4.18 Å². The molecular formula is C9H8O6S. The number of hydrogen-bond donors (Lipinski definition) is 2. The van der Waals surface area contributed by atoms with Crippen molar-refractivity contribution >= 4 is 22.4 Å². The second kappa shape index (κ2) is 4.77. The number of benzene rings is 1. The molecule has 0 aromatic heterocycles. The van der Waals surface area contributed by atoms with E-state index >= 15 is 0 Å². The standard InChI is InChI=1S/C9H8O6S/c10-9(11)6-5-7-3-1-2-4-8(7)15-16(12,13)14/h1-6H,(H,10,11)(H,12,13,14). The van der Waals surface area contributed by atoms with Gasteiger partial charge in [-0.05, 0) is 12.1 Å². The van der Waals surface area contributed by atoms with Crippen LogP contribution in [0.4, 0.5) is 0 Å². The largest absolute Gasteiger partial charge is 0.478 e. The van der Waals surface area contributed by atoms with Gasteiger partial charge in [0.1, 0.15) is 0 Å². The summed E-state index contributed by atoms with van der Waals surface area (Å²) in [6.07, 6.45) is 1.98. The summed E-state index contributed by atoms with van der Waals surface area (Å²) < 4.78 is 33.7. The first-order valence-electron chi connectivity index (χ1n) is 4.05. The number of carboxylic acid groups (broad SMARTS) is 1. The molecule has 1 aromatic rings. The lowest BCUT2D eigenvalue weighted by Crippen LogP contribution is -2.07. The maximum absolute atomic E-state index is 10.5. The summed E-state index contributed by atoms with van der Waals surface area (Å²) in [5, 5.41) is 8.40. The molecule has 0 aliphatic carbocycles. The lowest BCUT2D eigenvalue weighted by molar-refractivity contribution is -0.131. The summed E-state index contributed by atoms with van der Waals surface area (Å²) in [6, 6.07) is 5.78. The van der Waals surface area contributed by atoms with Crippen LogP contribution in [-0.2, 0) is 15.2 Å². The Morgan fingerprint density at radius 3 is 2.50 bits per heavy atom. The molecule has 0 atom stereocenters. The van der Waals surface area contributed by atoms with E-state index in [0.717, 1.165) is 12.2 Å². The van der Waals surface area contributed by atoms with E-state index in [9.17, 15) is 13.2 Å². The van der Waals surface area contributed by atoms with Crippen LogP contribution < -0.4 is 4.18 Å². The summed E-state index contributed by atoms with van der Waals surface area (Å²) in [5.74, 6) is -1.33. The molecule has 0 unspecified atom stereocenters. The van der Waals surface area contributed by atoms with Gasteiger partial charge in [0, 0.05) is 11.6 Å². The number of carbonyl (C=O) groups is 1. The Morgan fingerprint density at radius 1 is 1.31 bits per heavy atom. The van der Waals surface area contributed by atoms with Crippen LogP contribution in [0.2, 0.25) is 0 Å².